The summed E-state index contributed by atoms with van der Waals surface area (Å²) in [6.45, 7) is 1.81. The zero-order chi connectivity index (χ0) is 17.5. The Bertz CT molecular complexity index is 719. The molecule has 0 radical (unpaired) electrons. The molecule has 0 aliphatic rings. The second kappa shape index (κ2) is 8.45. The van der Waals surface area contributed by atoms with E-state index in [-0.39, 0.29) is 36.0 Å². The summed E-state index contributed by atoms with van der Waals surface area (Å²) >= 11 is 5.55. The van der Waals surface area contributed by atoms with Gasteiger partial charge < -0.3 is 10.6 Å². The summed E-state index contributed by atoms with van der Waals surface area (Å²) in [5.74, 6) is -0.697. The number of para-hydroxylation sites is 1. The van der Waals surface area contributed by atoms with Gasteiger partial charge >= 0.3 is 0 Å². The molecule has 0 spiro atoms. The predicted molar refractivity (Wildman–Crippen MR) is 92.7 cm³/mol. The third-order valence-electron chi connectivity index (χ3n) is 3.48. The summed E-state index contributed by atoms with van der Waals surface area (Å²) < 4.78 is 13.0. The Hall–Kier alpha value is -2.40. The molecule has 6 heteroatoms. The first kappa shape index (κ1) is 17.9. The Kier molecular flexibility index (Phi) is 6.32. The normalized spacial score (nSPS) is 11.6. The molecule has 126 valence electrons. The number of alkyl halides is 1. The van der Waals surface area contributed by atoms with Gasteiger partial charge in [0, 0.05) is 12.3 Å². The van der Waals surface area contributed by atoms with Gasteiger partial charge in [0.2, 0.25) is 5.91 Å². The maximum absolute atomic E-state index is 13.0. The zero-order valence-electron chi connectivity index (χ0n) is 13.2. The van der Waals surface area contributed by atoms with E-state index in [1.807, 2.05) is 0 Å². The standard InChI is InChI=1S/C18H18ClFN2O2/c1-12(13-6-8-14(20)9-7-13)21-18(24)15-4-2-3-5-16(15)22-17(23)10-11-19/h2-9,12H,10-11H2,1H3,(H,21,24)(H,22,23)/t12-/m1/s1. The number of nitrogens with one attached hydrogen (secondary N) is 2. The third kappa shape index (κ3) is 4.80. The van der Waals surface area contributed by atoms with Gasteiger partial charge in [0.25, 0.3) is 5.91 Å². The fourth-order valence-electron chi connectivity index (χ4n) is 2.20. The number of hydrogen-bond acceptors (Lipinski definition) is 2. The molecule has 0 heterocycles. The number of hydrogen-bond donors (Lipinski definition) is 2. The number of carbonyl (C=O) groups is 2. The molecule has 2 aromatic rings. The first-order valence-corrected chi connectivity index (χ1v) is 8.06. The number of halogens is 2. The molecule has 0 unspecified atom stereocenters. The molecular weight excluding hydrogens is 331 g/mol. The molecule has 0 bridgehead atoms. The van der Waals surface area contributed by atoms with Crippen molar-refractivity contribution >= 4 is 29.1 Å². The van der Waals surface area contributed by atoms with Crippen LogP contribution in [0.5, 0.6) is 0 Å². The van der Waals surface area contributed by atoms with Crippen LogP contribution in [0.2, 0.25) is 0 Å². The molecule has 0 aliphatic heterocycles. The highest BCUT2D eigenvalue weighted by Crippen LogP contribution is 2.18. The quantitative estimate of drug-likeness (QED) is 0.778. The van der Waals surface area contributed by atoms with Gasteiger partial charge in [-0.2, -0.15) is 0 Å². The molecule has 0 aromatic heterocycles. The Morgan fingerprint density at radius 2 is 1.79 bits per heavy atom. The highest BCUT2D eigenvalue weighted by Gasteiger charge is 2.16. The molecular formula is C18H18ClFN2O2. The predicted octanol–water partition coefficient (Wildman–Crippen LogP) is 3.88. The van der Waals surface area contributed by atoms with Crippen LogP contribution in [-0.4, -0.2) is 17.7 Å². The van der Waals surface area contributed by atoms with Gasteiger partial charge in [-0.3, -0.25) is 9.59 Å². The van der Waals surface area contributed by atoms with Crippen molar-refractivity contribution in [2.24, 2.45) is 0 Å². The van der Waals surface area contributed by atoms with Crippen molar-refractivity contribution in [2.75, 3.05) is 11.2 Å². The minimum Gasteiger partial charge on any atom is -0.345 e. The van der Waals surface area contributed by atoms with Crippen LogP contribution in [-0.2, 0) is 4.79 Å². The van der Waals surface area contributed by atoms with E-state index in [1.54, 1.807) is 43.3 Å². The van der Waals surface area contributed by atoms with E-state index in [2.05, 4.69) is 10.6 Å². The minimum absolute atomic E-state index is 0.170. The van der Waals surface area contributed by atoms with Crippen molar-refractivity contribution in [1.82, 2.24) is 5.32 Å². The summed E-state index contributed by atoms with van der Waals surface area (Å²) in [5.41, 5.74) is 1.57. The SMILES string of the molecule is C[C@@H](NC(=O)c1ccccc1NC(=O)CCCl)c1ccc(F)cc1. The molecule has 0 fully saturated rings. The van der Waals surface area contributed by atoms with Crippen LogP contribution >= 0.6 is 11.6 Å². The summed E-state index contributed by atoms with van der Waals surface area (Å²) in [7, 11) is 0. The Balaban J connectivity index is 2.11. The third-order valence-corrected chi connectivity index (χ3v) is 3.67. The molecule has 0 aliphatic carbocycles. The lowest BCUT2D eigenvalue weighted by Crippen LogP contribution is -2.28. The first-order valence-electron chi connectivity index (χ1n) is 7.52. The van der Waals surface area contributed by atoms with Gasteiger partial charge in [-0.15, -0.1) is 11.6 Å². The molecule has 24 heavy (non-hydrogen) atoms. The maximum atomic E-state index is 13.0. The van der Waals surface area contributed by atoms with Gasteiger partial charge in [-0.05, 0) is 36.8 Å². The topological polar surface area (TPSA) is 58.2 Å². The number of benzene rings is 2. The smallest absolute Gasteiger partial charge is 0.253 e. The van der Waals surface area contributed by atoms with Gasteiger partial charge in [0.1, 0.15) is 5.82 Å². The van der Waals surface area contributed by atoms with Crippen LogP contribution in [0.3, 0.4) is 0 Å². The molecule has 2 rings (SSSR count). The van der Waals surface area contributed by atoms with Crippen molar-refractivity contribution in [3.05, 3.63) is 65.5 Å². The summed E-state index contributed by atoms with van der Waals surface area (Å²) in [4.78, 5) is 24.2. The van der Waals surface area contributed by atoms with Gasteiger partial charge in [0.05, 0.1) is 17.3 Å². The number of anilines is 1. The van der Waals surface area contributed by atoms with Gasteiger partial charge in [-0.25, -0.2) is 4.39 Å². The number of amides is 2. The number of rotatable bonds is 6. The molecule has 2 N–H and O–H groups in total. The van der Waals surface area contributed by atoms with E-state index in [0.717, 1.165) is 5.56 Å². The summed E-state index contributed by atoms with van der Waals surface area (Å²) in [6.07, 6.45) is 0.170. The lowest BCUT2D eigenvalue weighted by atomic mass is 10.1. The maximum Gasteiger partial charge on any atom is 0.253 e. The highest BCUT2D eigenvalue weighted by molar-refractivity contribution is 6.19. The average Bonchev–Trinajstić information content (AvgIpc) is 2.56. The molecule has 2 aromatic carbocycles. The van der Waals surface area contributed by atoms with Crippen LogP contribution in [0.4, 0.5) is 10.1 Å². The zero-order valence-corrected chi connectivity index (χ0v) is 13.9. The van der Waals surface area contributed by atoms with Crippen LogP contribution in [0, 0.1) is 5.82 Å². The van der Waals surface area contributed by atoms with E-state index in [4.69, 9.17) is 11.6 Å². The van der Waals surface area contributed by atoms with Crippen molar-refractivity contribution < 1.29 is 14.0 Å². The van der Waals surface area contributed by atoms with Crippen molar-refractivity contribution in [1.29, 1.82) is 0 Å². The lowest BCUT2D eigenvalue weighted by molar-refractivity contribution is -0.115. The largest absolute Gasteiger partial charge is 0.345 e. The second-order valence-corrected chi connectivity index (χ2v) is 5.66. The Labute approximate surface area is 145 Å². The summed E-state index contributed by atoms with van der Waals surface area (Å²) in [6, 6.07) is 12.4. The van der Waals surface area contributed by atoms with E-state index >= 15 is 0 Å². The van der Waals surface area contributed by atoms with E-state index in [0.29, 0.717) is 11.3 Å². The Morgan fingerprint density at radius 1 is 1.12 bits per heavy atom. The summed E-state index contributed by atoms with van der Waals surface area (Å²) in [5, 5.41) is 5.52. The minimum atomic E-state index is -0.329. The van der Waals surface area contributed by atoms with Crippen molar-refractivity contribution in [2.45, 2.75) is 19.4 Å². The van der Waals surface area contributed by atoms with Crippen LogP contribution < -0.4 is 10.6 Å². The first-order chi connectivity index (χ1) is 11.5. The second-order valence-electron chi connectivity index (χ2n) is 5.28. The molecule has 4 nitrogen and oxygen atoms in total. The average molecular weight is 349 g/mol. The fraction of sp³-hybridized carbons (Fsp3) is 0.222. The van der Waals surface area contributed by atoms with E-state index in [9.17, 15) is 14.0 Å². The van der Waals surface area contributed by atoms with Crippen LogP contribution in [0.15, 0.2) is 48.5 Å². The highest BCUT2D eigenvalue weighted by atomic mass is 35.5. The van der Waals surface area contributed by atoms with Crippen molar-refractivity contribution in [3.63, 3.8) is 0 Å². The number of carbonyl (C=O) groups excluding carboxylic acids is 2. The van der Waals surface area contributed by atoms with Crippen molar-refractivity contribution in [3.8, 4) is 0 Å². The van der Waals surface area contributed by atoms with Crippen LogP contribution in [0.1, 0.15) is 35.3 Å². The molecule has 0 saturated heterocycles. The molecule has 0 saturated carbocycles. The van der Waals surface area contributed by atoms with Gasteiger partial charge in [-0.1, -0.05) is 24.3 Å². The van der Waals surface area contributed by atoms with E-state index < -0.39 is 0 Å². The fourth-order valence-corrected chi connectivity index (χ4v) is 2.37. The molecule has 1 atom stereocenters. The monoisotopic (exact) mass is 348 g/mol. The van der Waals surface area contributed by atoms with Gasteiger partial charge in [0.15, 0.2) is 0 Å². The lowest BCUT2D eigenvalue weighted by Gasteiger charge is -2.16. The Morgan fingerprint density at radius 3 is 2.46 bits per heavy atom. The van der Waals surface area contributed by atoms with E-state index in [1.165, 1.54) is 12.1 Å². The van der Waals surface area contributed by atoms with Crippen LogP contribution in [0.25, 0.3) is 0 Å². The molecule has 2 amide bonds.